The molecule has 0 aliphatic rings. The van der Waals surface area contributed by atoms with Crippen molar-refractivity contribution in [1.29, 1.82) is 0 Å². The number of fused-ring (bicyclic) bond motifs is 3. The maximum absolute atomic E-state index is 4.95. The van der Waals surface area contributed by atoms with Gasteiger partial charge in [-0.2, -0.15) is 0 Å². The Bertz CT molecular complexity index is 1590. The van der Waals surface area contributed by atoms with Crippen LogP contribution in [0.1, 0.15) is 0 Å². The van der Waals surface area contributed by atoms with Crippen LogP contribution >= 0.6 is 27.3 Å². The van der Waals surface area contributed by atoms with E-state index in [1.165, 1.54) is 20.2 Å². The summed E-state index contributed by atoms with van der Waals surface area (Å²) < 4.78 is 3.45. The Balaban J connectivity index is 1.67. The molecule has 0 atom stereocenters. The van der Waals surface area contributed by atoms with E-state index in [1.807, 2.05) is 54.6 Å². The van der Waals surface area contributed by atoms with Crippen molar-refractivity contribution in [3.63, 3.8) is 0 Å². The molecule has 0 fully saturated rings. The van der Waals surface area contributed by atoms with E-state index in [4.69, 9.17) is 15.0 Å². The first kappa shape index (κ1) is 19.3. The summed E-state index contributed by atoms with van der Waals surface area (Å²) in [5.74, 6) is 1.99. The van der Waals surface area contributed by atoms with Gasteiger partial charge in [-0.15, -0.1) is 11.3 Å². The van der Waals surface area contributed by atoms with Gasteiger partial charge >= 0.3 is 0 Å². The summed E-state index contributed by atoms with van der Waals surface area (Å²) in [6.45, 7) is 0. The van der Waals surface area contributed by atoms with E-state index in [0.717, 1.165) is 21.2 Å². The highest BCUT2D eigenvalue weighted by atomic mass is 79.9. The number of hydrogen-bond donors (Lipinski definition) is 0. The molecule has 6 rings (SSSR count). The second-order valence-corrected chi connectivity index (χ2v) is 9.37. The van der Waals surface area contributed by atoms with Gasteiger partial charge in [0, 0.05) is 41.3 Å². The predicted octanol–water partition coefficient (Wildman–Crippen LogP) is 8.00. The molecule has 0 spiro atoms. The van der Waals surface area contributed by atoms with E-state index in [2.05, 4.69) is 58.4 Å². The molecule has 0 N–H and O–H groups in total. The lowest BCUT2D eigenvalue weighted by atomic mass is 10.1. The fourth-order valence-electron chi connectivity index (χ4n) is 3.94. The molecular weight excluding hydrogens is 478 g/mol. The largest absolute Gasteiger partial charge is 0.208 e. The molecule has 2 heterocycles. The van der Waals surface area contributed by atoms with Crippen LogP contribution in [0.5, 0.6) is 0 Å². The molecule has 0 saturated carbocycles. The second-order valence-electron chi connectivity index (χ2n) is 7.43. The first-order valence-electron chi connectivity index (χ1n) is 10.2. The lowest BCUT2D eigenvalue weighted by Gasteiger charge is -2.10. The average molecular weight is 494 g/mol. The lowest BCUT2D eigenvalue weighted by Crippen LogP contribution is -2.00. The molecule has 0 radical (unpaired) electrons. The van der Waals surface area contributed by atoms with Crippen molar-refractivity contribution in [3.8, 4) is 34.2 Å². The second kappa shape index (κ2) is 7.93. The van der Waals surface area contributed by atoms with E-state index in [1.54, 1.807) is 11.3 Å². The number of thiophene rings is 1. The normalized spacial score (nSPS) is 11.3. The van der Waals surface area contributed by atoms with E-state index in [0.29, 0.717) is 17.5 Å². The number of aromatic nitrogens is 3. The standard InChI is InChI=1S/C27H16BrN3S/c28-21-14-6-4-11-18(21)26-29-25(17-9-2-1-3-10-17)30-27(31-26)20-13-8-16-23-24(20)19-12-5-7-15-22(19)32-23/h1-16H. The van der Waals surface area contributed by atoms with Crippen molar-refractivity contribution in [2.24, 2.45) is 0 Å². The number of hydrogen-bond acceptors (Lipinski definition) is 4. The van der Waals surface area contributed by atoms with Crippen LogP contribution in [-0.2, 0) is 0 Å². The third-order valence-corrected chi connectivity index (χ3v) is 7.25. The quantitative estimate of drug-likeness (QED) is 0.250. The molecule has 5 heteroatoms. The molecule has 0 unspecified atom stereocenters. The van der Waals surface area contributed by atoms with Crippen molar-refractivity contribution in [2.75, 3.05) is 0 Å². The number of benzene rings is 4. The Morgan fingerprint density at radius 1 is 0.531 bits per heavy atom. The van der Waals surface area contributed by atoms with Crippen LogP contribution in [-0.4, -0.2) is 15.0 Å². The Kier molecular flexibility index (Phi) is 4.78. The Morgan fingerprint density at radius 2 is 1.16 bits per heavy atom. The first-order chi connectivity index (χ1) is 15.8. The summed E-state index contributed by atoms with van der Waals surface area (Å²) >= 11 is 5.46. The van der Waals surface area contributed by atoms with Crippen LogP contribution < -0.4 is 0 Å². The van der Waals surface area contributed by atoms with Gasteiger partial charge in [-0.1, -0.05) is 94.8 Å². The summed E-state index contributed by atoms with van der Waals surface area (Å²) in [5.41, 5.74) is 2.93. The predicted molar refractivity (Wildman–Crippen MR) is 137 cm³/mol. The zero-order valence-electron chi connectivity index (χ0n) is 16.9. The average Bonchev–Trinajstić information content (AvgIpc) is 3.23. The van der Waals surface area contributed by atoms with Crippen molar-refractivity contribution in [2.45, 2.75) is 0 Å². The van der Waals surface area contributed by atoms with E-state index < -0.39 is 0 Å². The highest BCUT2D eigenvalue weighted by molar-refractivity contribution is 9.10. The zero-order chi connectivity index (χ0) is 21.5. The molecule has 32 heavy (non-hydrogen) atoms. The zero-order valence-corrected chi connectivity index (χ0v) is 19.3. The highest BCUT2D eigenvalue weighted by Crippen LogP contribution is 2.39. The van der Waals surface area contributed by atoms with Crippen LogP contribution in [0, 0.1) is 0 Å². The fourth-order valence-corrected chi connectivity index (χ4v) is 5.53. The van der Waals surface area contributed by atoms with Gasteiger partial charge < -0.3 is 0 Å². The molecular formula is C27H16BrN3S. The molecule has 0 aliphatic heterocycles. The SMILES string of the molecule is Brc1ccccc1-c1nc(-c2ccccc2)nc(-c2cccc3sc4ccccc4c23)n1. The van der Waals surface area contributed by atoms with Gasteiger partial charge in [0.25, 0.3) is 0 Å². The topological polar surface area (TPSA) is 38.7 Å². The van der Waals surface area contributed by atoms with Crippen molar-refractivity contribution in [3.05, 3.63) is 102 Å². The third kappa shape index (κ3) is 3.30. The highest BCUT2D eigenvalue weighted by Gasteiger charge is 2.17. The minimum Gasteiger partial charge on any atom is -0.208 e. The van der Waals surface area contributed by atoms with Gasteiger partial charge in [-0.25, -0.2) is 15.0 Å². The smallest absolute Gasteiger partial charge is 0.165 e. The minimum absolute atomic E-state index is 0.651. The van der Waals surface area contributed by atoms with Crippen LogP contribution in [0.3, 0.4) is 0 Å². The van der Waals surface area contributed by atoms with Gasteiger partial charge in [0.1, 0.15) is 0 Å². The van der Waals surface area contributed by atoms with E-state index >= 15 is 0 Å². The summed E-state index contributed by atoms with van der Waals surface area (Å²) in [7, 11) is 0. The van der Waals surface area contributed by atoms with Gasteiger partial charge in [0.05, 0.1) is 0 Å². The number of rotatable bonds is 3. The number of nitrogens with zero attached hydrogens (tertiary/aromatic N) is 3. The molecule has 4 aromatic carbocycles. The summed E-state index contributed by atoms with van der Waals surface area (Å²) in [5, 5.41) is 2.42. The lowest BCUT2D eigenvalue weighted by molar-refractivity contribution is 1.07. The molecule has 2 aromatic heterocycles. The van der Waals surface area contributed by atoms with Crippen LogP contribution in [0.15, 0.2) is 102 Å². The summed E-state index contributed by atoms with van der Waals surface area (Å²) in [6, 6.07) is 32.9. The van der Waals surface area contributed by atoms with E-state index in [9.17, 15) is 0 Å². The molecule has 152 valence electrons. The molecule has 3 nitrogen and oxygen atoms in total. The van der Waals surface area contributed by atoms with Crippen LogP contribution in [0.25, 0.3) is 54.3 Å². The Labute approximate surface area is 197 Å². The molecule has 0 amide bonds. The molecule has 0 bridgehead atoms. The van der Waals surface area contributed by atoms with Crippen molar-refractivity contribution in [1.82, 2.24) is 15.0 Å². The van der Waals surface area contributed by atoms with E-state index in [-0.39, 0.29) is 0 Å². The maximum atomic E-state index is 4.95. The third-order valence-electron chi connectivity index (χ3n) is 5.43. The Morgan fingerprint density at radius 3 is 2.00 bits per heavy atom. The van der Waals surface area contributed by atoms with Crippen LogP contribution in [0.2, 0.25) is 0 Å². The molecule has 6 aromatic rings. The minimum atomic E-state index is 0.651. The fraction of sp³-hybridized carbons (Fsp3) is 0. The molecule has 0 saturated heterocycles. The van der Waals surface area contributed by atoms with Gasteiger partial charge in [-0.3, -0.25) is 0 Å². The van der Waals surface area contributed by atoms with Crippen LogP contribution in [0.4, 0.5) is 0 Å². The number of halogens is 1. The molecule has 0 aliphatic carbocycles. The summed E-state index contributed by atoms with van der Waals surface area (Å²) in [6.07, 6.45) is 0. The van der Waals surface area contributed by atoms with Crippen molar-refractivity contribution < 1.29 is 0 Å². The van der Waals surface area contributed by atoms with Gasteiger partial charge in [0.15, 0.2) is 17.5 Å². The van der Waals surface area contributed by atoms with Crippen molar-refractivity contribution >= 4 is 47.4 Å². The van der Waals surface area contributed by atoms with Gasteiger partial charge in [0.2, 0.25) is 0 Å². The first-order valence-corrected chi connectivity index (χ1v) is 11.9. The Hall–Kier alpha value is -3.41. The van der Waals surface area contributed by atoms with Gasteiger partial charge in [-0.05, 0) is 18.2 Å². The maximum Gasteiger partial charge on any atom is 0.165 e. The monoisotopic (exact) mass is 493 g/mol. The summed E-state index contributed by atoms with van der Waals surface area (Å²) in [4.78, 5) is 14.7.